The van der Waals surface area contributed by atoms with Crippen molar-refractivity contribution in [2.24, 2.45) is 0 Å². The number of hydrogen-bond donors (Lipinski definition) is 0. The highest BCUT2D eigenvalue weighted by molar-refractivity contribution is 5.04. The topological polar surface area (TPSA) is 9.23 Å². The molecule has 0 heterocycles. The molecule has 0 bridgehead atoms. The first kappa shape index (κ1) is 9.77. The molecule has 0 aromatic carbocycles. The van der Waals surface area contributed by atoms with Crippen LogP contribution >= 0.6 is 0 Å². The molecule has 72 valence electrons. The number of ether oxygens (including phenoxy) is 1. The average molecular weight is 186 g/mol. The van der Waals surface area contributed by atoms with Gasteiger partial charge in [0.1, 0.15) is 6.10 Å². The average Bonchev–Trinajstić information content (AvgIpc) is 1.85. The fourth-order valence-corrected chi connectivity index (χ4v) is 1.06. The van der Waals surface area contributed by atoms with Gasteiger partial charge in [-0.1, -0.05) is 0 Å². The normalized spacial score (nSPS) is 31.8. The molecule has 0 spiro atoms. The van der Waals surface area contributed by atoms with Crippen molar-refractivity contribution in [3.8, 4) is 0 Å². The Bertz CT molecular complexity index is 176. The second-order valence-electron chi connectivity index (χ2n) is 3.21. The molecule has 1 aliphatic carbocycles. The Labute approximate surface area is 67.7 Å². The van der Waals surface area contributed by atoms with Crippen LogP contribution in [0, 0.1) is 0 Å². The summed E-state index contributed by atoms with van der Waals surface area (Å²) in [6.07, 6.45) is -2.94. The van der Waals surface area contributed by atoms with Crippen molar-refractivity contribution >= 4 is 0 Å². The Hall–Kier alpha value is -0.320. The van der Waals surface area contributed by atoms with Crippen LogP contribution in [-0.2, 0) is 4.74 Å². The number of halogens is 4. The number of hydrogen-bond acceptors (Lipinski definition) is 1. The molecule has 12 heavy (non-hydrogen) atoms. The van der Waals surface area contributed by atoms with Gasteiger partial charge in [-0.3, -0.25) is 0 Å². The fourth-order valence-electron chi connectivity index (χ4n) is 1.06. The van der Waals surface area contributed by atoms with Gasteiger partial charge in [-0.2, -0.15) is 17.6 Å². The lowest BCUT2D eigenvalue weighted by atomic mass is 9.85. The molecule has 1 rings (SSSR count). The molecule has 1 atom stereocenters. The molecule has 1 saturated carbocycles. The largest absolute Gasteiger partial charge is 0.369 e. The van der Waals surface area contributed by atoms with Gasteiger partial charge in [0.2, 0.25) is 0 Å². The summed E-state index contributed by atoms with van der Waals surface area (Å²) in [5.74, 6) is -7.87. The van der Waals surface area contributed by atoms with E-state index in [1.165, 1.54) is 13.8 Å². The molecule has 1 fully saturated rings. The van der Waals surface area contributed by atoms with Crippen LogP contribution < -0.4 is 0 Å². The van der Waals surface area contributed by atoms with Gasteiger partial charge in [-0.25, -0.2) is 0 Å². The summed E-state index contributed by atoms with van der Waals surface area (Å²) in [5, 5.41) is 0. The molecular weight excluding hydrogens is 176 g/mol. The minimum atomic E-state index is -3.99. The SMILES string of the molecule is CC(C)OC1CC(F)(F)C1(F)F. The van der Waals surface area contributed by atoms with Gasteiger partial charge in [0.25, 0.3) is 0 Å². The molecule has 1 unspecified atom stereocenters. The first-order valence-corrected chi connectivity index (χ1v) is 3.68. The lowest BCUT2D eigenvalue weighted by Crippen LogP contribution is -2.63. The lowest BCUT2D eigenvalue weighted by molar-refractivity contribution is -0.345. The van der Waals surface area contributed by atoms with Gasteiger partial charge in [0, 0.05) is 0 Å². The van der Waals surface area contributed by atoms with E-state index in [9.17, 15) is 17.6 Å². The Morgan fingerprint density at radius 3 is 2.00 bits per heavy atom. The molecule has 1 nitrogen and oxygen atoms in total. The first-order valence-electron chi connectivity index (χ1n) is 3.68. The smallest absolute Gasteiger partial charge is 0.335 e. The molecule has 0 aromatic rings. The predicted molar refractivity (Wildman–Crippen MR) is 34.5 cm³/mol. The second-order valence-corrected chi connectivity index (χ2v) is 3.21. The Morgan fingerprint density at radius 1 is 1.25 bits per heavy atom. The van der Waals surface area contributed by atoms with Crippen molar-refractivity contribution in [1.82, 2.24) is 0 Å². The van der Waals surface area contributed by atoms with Gasteiger partial charge < -0.3 is 4.74 Å². The summed E-state index contributed by atoms with van der Waals surface area (Å²) in [5.41, 5.74) is 0. The molecule has 0 aliphatic heterocycles. The van der Waals surface area contributed by atoms with Crippen LogP contribution in [0.15, 0.2) is 0 Å². The van der Waals surface area contributed by atoms with Crippen molar-refractivity contribution in [1.29, 1.82) is 0 Å². The highest BCUT2D eigenvalue weighted by Gasteiger charge is 2.72. The minimum absolute atomic E-state index is 0.447. The standard InChI is InChI=1S/C7H10F4O/c1-4(2)12-5-3-6(8,9)7(5,10)11/h4-5H,3H2,1-2H3. The first-order chi connectivity index (χ1) is 5.27. The van der Waals surface area contributed by atoms with E-state index >= 15 is 0 Å². The zero-order valence-electron chi connectivity index (χ0n) is 6.78. The van der Waals surface area contributed by atoms with Crippen molar-refractivity contribution in [3.05, 3.63) is 0 Å². The maximum Gasteiger partial charge on any atom is 0.335 e. The van der Waals surface area contributed by atoms with Crippen LogP contribution in [0.2, 0.25) is 0 Å². The Morgan fingerprint density at radius 2 is 1.75 bits per heavy atom. The van der Waals surface area contributed by atoms with Crippen LogP contribution in [0.4, 0.5) is 17.6 Å². The number of alkyl halides is 4. The summed E-state index contributed by atoms with van der Waals surface area (Å²) in [6.45, 7) is 3.07. The van der Waals surface area contributed by atoms with Crippen molar-refractivity contribution in [2.45, 2.75) is 44.3 Å². The van der Waals surface area contributed by atoms with E-state index in [0.29, 0.717) is 0 Å². The highest BCUT2D eigenvalue weighted by atomic mass is 19.3. The quantitative estimate of drug-likeness (QED) is 0.602. The minimum Gasteiger partial charge on any atom is -0.369 e. The van der Waals surface area contributed by atoms with E-state index in [1.807, 2.05) is 0 Å². The van der Waals surface area contributed by atoms with Gasteiger partial charge in [-0.15, -0.1) is 0 Å². The zero-order valence-corrected chi connectivity index (χ0v) is 6.78. The third kappa shape index (κ3) is 1.30. The monoisotopic (exact) mass is 186 g/mol. The molecule has 0 radical (unpaired) electrons. The second kappa shape index (κ2) is 2.58. The summed E-state index contributed by atoms with van der Waals surface area (Å²) < 4.78 is 53.9. The zero-order chi connectivity index (χ0) is 9.57. The van der Waals surface area contributed by atoms with Gasteiger partial charge in [0.05, 0.1) is 12.5 Å². The van der Waals surface area contributed by atoms with Crippen molar-refractivity contribution in [3.63, 3.8) is 0 Å². The fraction of sp³-hybridized carbons (Fsp3) is 1.00. The summed E-state index contributed by atoms with van der Waals surface area (Å²) in [6, 6.07) is 0. The Kier molecular flexibility index (Phi) is 2.10. The van der Waals surface area contributed by atoms with Crippen LogP contribution in [0.3, 0.4) is 0 Å². The van der Waals surface area contributed by atoms with Crippen molar-refractivity contribution in [2.75, 3.05) is 0 Å². The Balaban J connectivity index is 2.54. The molecule has 0 N–H and O–H groups in total. The maximum atomic E-state index is 12.5. The van der Waals surface area contributed by atoms with Crippen molar-refractivity contribution < 1.29 is 22.3 Å². The van der Waals surface area contributed by atoms with E-state index in [-0.39, 0.29) is 0 Å². The number of rotatable bonds is 2. The molecule has 0 amide bonds. The summed E-state index contributed by atoms with van der Waals surface area (Å²) in [7, 11) is 0. The molecule has 0 saturated heterocycles. The third-order valence-corrected chi connectivity index (χ3v) is 1.77. The molecule has 5 heteroatoms. The van der Waals surface area contributed by atoms with E-state index in [1.54, 1.807) is 0 Å². The molecule has 1 aliphatic rings. The molecular formula is C7H10F4O. The van der Waals surface area contributed by atoms with Crippen LogP contribution in [0.1, 0.15) is 20.3 Å². The molecule has 0 aromatic heterocycles. The highest BCUT2D eigenvalue weighted by Crippen LogP contribution is 2.52. The summed E-state index contributed by atoms with van der Waals surface area (Å²) in [4.78, 5) is 0. The third-order valence-electron chi connectivity index (χ3n) is 1.77. The van der Waals surface area contributed by atoms with Gasteiger partial charge in [0.15, 0.2) is 0 Å². The van der Waals surface area contributed by atoms with Gasteiger partial charge in [-0.05, 0) is 13.8 Å². The van der Waals surface area contributed by atoms with Crippen LogP contribution in [0.25, 0.3) is 0 Å². The van der Waals surface area contributed by atoms with Gasteiger partial charge >= 0.3 is 11.8 Å². The summed E-state index contributed by atoms with van der Waals surface area (Å²) >= 11 is 0. The predicted octanol–water partition coefficient (Wildman–Crippen LogP) is 2.45. The van der Waals surface area contributed by atoms with Crippen LogP contribution in [0.5, 0.6) is 0 Å². The van der Waals surface area contributed by atoms with E-state index in [0.717, 1.165) is 0 Å². The lowest BCUT2D eigenvalue weighted by Gasteiger charge is -2.43. The van der Waals surface area contributed by atoms with E-state index < -0.39 is 30.5 Å². The van der Waals surface area contributed by atoms with E-state index in [4.69, 9.17) is 0 Å². The maximum absolute atomic E-state index is 12.5. The van der Waals surface area contributed by atoms with E-state index in [2.05, 4.69) is 4.74 Å². The van der Waals surface area contributed by atoms with Crippen LogP contribution in [-0.4, -0.2) is 24.1 Å².